The van der Waals surface area contributed by atoms with Gasteiger partial charge in [-0.15, -0.1) is 0 Å². The Kier molecular flexibility index (Phi) is 5.76. The highest BCUT2D eigenvalue weighted by Crippen LogP contribution is 2.32. The van der Waals surface area contributed by atoms with Crippen molar-refractivity contribution >= 4 is 28.6 Å². The van der Waals surface area contributed by atoms with Crippen molar-refractivity contribution in [2.45, 2.75) is 24.9 Å². The van der Waals surface area contributed by atoms with Gasteiger partial charge in [-0.05, 0) is 47.9 Å². The van der Waals surface area contributed by atoms with Gasteiger partial charge in [-0.1, -0.05) is 24.8 Å². The van der Waals surface area contributed by atoms with E-state index < -0.39 is 0 Å². The van der Waals surface area contributed by atoms with Crippen molar-refractivity contribution in [1.82, 2.24) is 10.3 Å². The standard InChI is InChI=1S/C22H22N2O4S/c1-3-15-9-16-5-6-17(26-2)10-18(16)24-22(15)29-12-21(25)23-11-14-4-7-19-20(8-14)28-13-27-19/h4-10H,3,11-13H2,1-2H3,(H,23,25). The number of carbonyl (C=O) groups excluding carboxylic acids is 1. The maximum absolute atomic E-state index is 12.4. The molecule has 1 aliphatic heterocycles. The molecule has 0 bridgehead atoms. The Bertz CT molecular complexity index is 1050. The number of pyridine rings is 1. The van der Waals surface area contributed by atoms with E-state index in [2.05, 4.69) is 18.3 Å². The Morgan fingerprint density at radius 1 is 1.17 bits per heavy atom. The van der Waals surface area contributed by atoms with Gasteiger partial charge in [0, 0.05) is 18.0 Å². The Morgan fingerprint density at radius 3 is 2.86 bits per heavy atom. The highest BCUT2D eigenvalue weighted by molar-refractivity contribution is 7.99. The van der Waals surface area contributed by atoms with Gasteiger partial charge in [-0.2, -0.15) is 0 Å². The Morgan fingerprint density at radius 2 is 2.03 bits per heavy atom. The Hall–Kier alpha value is -2.93. The largest absolute Gasteiger partial charge is 0.497 e. The molecule has 0 saturated carbocycles. The molecule has 1 aliphatic rings. The van der Waals surface area contributed by atoms with Gasteiger partial charge < -0.3 is 19.5 Å². The van der Waals surface area contributed by atoms with Crippen molar-refractivity contribution in [3.8, 4) is 17.2 Å². The molecule has 0 spiro atoms. The maximum atomic E-state index is 12.4. The number of fused-ring (bicyclic) bond motifs is 2. The lowest BCUT2D eigenvalue weighted by Crippen LogP contribution is -2.24. The molecule has 7 heteroatoms. The van der Waals surface area contributed by atoms with Gasteiger partial charge in [0.2, 0.25) is 12.7 Å². The normalized spacial score (nSPS) is 12.2. The second-order valence-corrected chi connectivity index (χ2v) is 7.58. The molecule has 0 atom stereocenters. The smallest absolute Gasteiger partial charge is 0.231 e. The molecule has 0 aliphatic carbocycles. The van der Waals surface area contributed by atoms with E-state index in [-0.39, 0.29) is 12.7 Å². The number of aryl methyl sites for hydroxylation is 1. The van der Waals surface area contributed by atoms with Crippen LogP contribution in [-0.2, 0) is 17.8 Å². The summed E-state index contributed by atoms with van der Waals surface area (Å²) >= 11 is 1.45. The molecule has 1 aromatic heterocycles. The van der Waals surface area contributed by atoms with Crippen LogP contribution < -0.4 is 19.5 Å². The number of aromatic nitrogens is 1. The molecule has 0 radical (unpaired) electrons. The summed E-state index contributed by atoms with van der Waals surface area (Å²) in [7, 11) is 1.64. The van der Waals surface area contributed by atoms with Gasteiger partial charge in [-0.25, -0.2) is 4.98 Å². The average molecular weight is 410 g/mol. The van der Waals surface area contributed by atoms with Crippen LogP contribution in [-0.4, -0.2) is 30.5 Å². The Labute approximate surface area is 173 Å². The van der Waals surface area contributed by atoms with Crippen LogP contribution in [0.15, 0.2) is 47.5 Å². The number of hydrogen-bond acceptors (Lipinski definition) is 6. The zero-order valence-corrected chi connectivity index (χ0v) is 17.2. The number of ether oxygens (including phenoxy) is 3. The quantitative estimate of drug-likeness (QED) is 0.595. The second kappa shape index (κ2) is 8.61. The van der Waals surface area contributed by atoms with E-state index in [0.29, 0.717) is 12.3 Å². The Balaban J connectivity index is 1.39. The number of rotatable bonds is 7. The van der Waals surface area contributed by atoms with Gasteiger partial charge in [0.1, 0.15) is 10.8 Å². The van der Waals surface area contributed by atoms with Crippen molar-refractivity contribution in [2.24, 2.45) is 0 Å². The number of thioether (sulfide) groups is 1. The predicted molar refractivity (Wildman–Crippen MR) is 113 cm³/mol. The molecule has 2 aromatic carbocycles. The first-order valence-electron chi connectivity index (χ1n) is 9.42. The minimum atomic E-state index is -0.0396. The highest BCUT2D eigenvalue weighted by Gasteiger charge is 2.14. The van der Waals surface area contributed by atoms with Crippen LogP contribution in [0.5, 0.6) is 17.2 Å². The maximum Gasteiger partial charge on any atom is 0.231 e. The second-order valence-electron chi connectivity index (χ2n) is 6.62. The number of benzene rings is 2. The van der Waals surface area contributed by atoms with E-state index in [4.69, 9.17) is 19.2 Å². The zero-order chi connectivity index (χ0) is 20.2. The fraction of sp³-hybridized carbons (Fsp3) is 0.273. The predicted octanol–water partition coefficient (Wildman–Crippen LogP) is 3.94. The fourth-order valence-electron chi connectivity index (χ4n) is 3.11. The SMILES string of the molecule is CCc1cc2ccc(OC)cc2nc1SCC(=O)NCc1ccc2c(c1)OCO2. The summed E-state index contributed by atoms with van der Waals surface area (Å²) in [5.41, 5.74) is 2.97. The van der Waals surface area contributed by atoms with Crippen LogP contribution in [0.2, 0.25) is 0 Å². The molecule has 4 rings (SSSR count). The molecule has 2 heterocycles. The van der Waals surface area contributed by atoms with Gasteiger partial charge >= 0.3 is 0 Å². The lowest BCUT2D eigenvalue weighted by atomic mass is 10.1. The van der Waals surface area contributed by atoms with Crippen molar-refractivity contribution < 1.29 is 19.0 Å². The molecule has 6 nitrogen and oxygen atoms in total. The fourth-order valence-corrected chi connectivity index (χ4v) is 4.04. The van der Waals surface area contributed by atoms with Crippen molar-refractivity contribution in [1.29, 1.82) is 0 Å². The summed E-state index contributed by atoms with van der Waals surface area (Å²) in [5.74, 6) is 2.49. The summed E-state index contributed by atoms with van der Waals surface area (Å²) in [6, 6.07) is 13.7. The first-order valence-corrected chi connectivity index (χ1v) is 10.4. The van der Waals surface area contributed by atoms with Crippen LogP contribution in [0.4, 0.5) is 0 Å². The van der Waals surface area contributed by atoms with Crippen LogP contribution in [0.1, 0.15) is 18.1 Å². The van der Waals surface area contributed by atoms with Gasteiger partial charge in [0.25, 0.3) is 0 Å². The summed E-state index contributed by atoms with van der Waals surface area (Å²) < 4.78 is 16.0. The summed E-state index contributed by atoms with van der Waals surface area (Å²) in [6.45, 7) is 2.78. The molecule has 1 N–H and O–H groups in total. The lowest BCUT2D eigenvalue weighted by Gasteiger charge is -2.10. The molecule has 3 aromatic rings. The minimum absolute atomic E-state index is 0.0396. The van der Waals surface area contributed by atoms with Gasteiger partial charge in [0.15, 0.2) is 11.5 Å². The van der Waals surface area contributed by atoms with Crippen LogP contribution in [0.3, 0.4) is 0 Å². The van der Waals surface area contributed by atoms with Crippen molar-refractivity contribution in [3.05, 3.63) is 53.6 Å². The molecule has 0 saturated heterocycles. The number of amides is 1. The minimum Gasteiger partial charge on any atom is -0.497 e. The first-order chi connectivity index (χ1) is 14.2. The molecule has 0 unspecified atom stereocenters. The third kappa shape index (κ3) is 4.40. The van der Waals surface area contributed by atoms with E-state index in [0.717, 1.165) is 50.7 Å². The zero-order valence-electron chi connectivity index (χ0n) is 16.4. The summed E-state index contributed by atoms with van der Waals surface area (Å²) in [6.07, 6.45) is 0.857. The van der Waals surface area contributed by atoms with E-state index >= 15 is 0 Å². The van der Waals surface area contributed by atoms with Crippen molar-refractivity contribution in [2.75, 3.05) is 19.7 Å². The lowest BCUT2D eigenvalue weighted by molar-refractivity contribution is -0.118. The summed E-state index contributed by atoms with van der Waals surface area (Å²) in [4.78, 5) is 17.1. The number of nitrogens with zero attached hydrogens (tertiary/aromatic N) is 1. The third-order valence-electron chi connectivity index (χ3n) is 4.71. The van der Waals surface area contributed by atoms with Crippen molar-refractivity contribution in [3.63, 3.8) is 0 Å². The molecular weight excluding hydrogens is 388 g/mol. The topological polar surface area (TPSA) is 69.7 Å². The number of hydrogen-bond donors (Lipinski definition) is 1. The summed E-state index contributed by atoms with van der Waals surface area (Å²) in [5, 5.41) is 4.90. The molecule has 0 fully saturated rings. The third-order valence-corrected chi connectivity index (χ3v) is 5.75. The molecular formula is C22H22N2O4S. The van der Waals surface area contributed by atoms with Gasteiger partial charge in [-0.3, -0.25) is 4.79 Å². The number of methoxy groups -OCH3 is 1. The average Bonchev–Trinajstić information content (AvgIpc) is 3.23. The van der Waals surface area contributed by atoms with Crippen LogP contribution in [0.25, 0.3) is 10.9 Å². The van der Waals surface area contributed by atoms with Crippen LogP contribution in [0, 0.1) is 0 Å². The molecule has 150 valence electrons. The van der Waals surface area contributed by atoms with E-state index in [9.17, 15) is 4.79 Å². The number of carbonyl (C=O) groups is 1. The van der Waals surface area contributed by atoms with E-state index in [1.54, 1.807) is 7.11 Å². The van der Waals surface area contributed by atoms with Gasteiger partial charge in [0.05, 0.1) is 18.4 Å². The number of nitrogens with one attached hydrogen (secondary N) is 1. The molecule has 1 amide bonds. The van der Waals surface area contributed by atoms with E-state index in [1.807, 2.05) is 36.4 Å². The molecule has 29 heavy (non-hydrogen) atoms. The first kappa shape index (κ1) is 19.4. The van der Waals surface area contributed by atoms with E-state index in [1.165, 1.54) is 11.8 Å². The van der Waals surface area contributed by atoms with Crippen LogP contribution >= 0.6 is 11.8 Å². The highest BCUT2D eigenvalue weighted by atomic mass is 32.2. The monoisotopic (exact) mass is 410 g/mol.